The zero-order chi connectivity index (χ0) is 50.8. The number of rotatable bonds is 9. The molecule has 0 saturated heterocycles. The standard InChI is InChI=1S/C74H53NO/c1-73(2)67-30-16-17-32-71(67)76-72-65(28-18-31-68(72)73)61-47-48-70(64-27-13-12-25-60(61)64)75(58-42-37-53(38-43-58)52-35-33-51(34-36-52)50-19-6-3-7-20-50)59-44-39-54(40-45-59)55-41-46-63-62-26-14-15-29-66(62)74(69(63)49-55,56-21-8-4-9-22-56)57-23-10-5-11-24-57/h3-49H,1-2H3. The van der Waals surface area contributed by atoms with Crippen LogP contribution in [0.25, 0.3) is 66.4 Å². The molecule has 360 valence electrons. The van der Waals surface area contributed by atoms with Gasteiger partial charge in [-0.1, -0.05) is 257 Å². The molecule has 0 saturated carbocycles. The molecule has 76 heavy (non-hydrogen) atoms. The summed E-state index contributed by atoms with van der Waals surface area (Å²) in [7, 11) is 0. The molecular weight excluding hydrogens is 919 g/mol. The fourth-order valence-corrected chi connectivity index (χ4v) is 12.5. The van der Waals surface area contributed by atoms with E-state index in [2.05, 4.69) is 304 Å². The second-order valence-electron chi connectivity index (χ2n) is 20.7. The average Bonchev–Trinajstić information content (AvgIpc) is 3.94. The highest BCUT2D eigenvalue weighted by atomic mass is 16.5. The fraction of sp³-hybridized carbons (Fsp3) is 0.0541. The Morgan fingerprint density at radius 2 is 0.750 bits per heavy atom. The molecule has 0 N–H and O–H groups in total. The van der Waals surface area contributed by atoms with E-state index in [9.17, 15) is 0 Å². The van der Waals surface area contributed by atoms with Gasteiger partial charge < -0.3 is 9.64 Å². The van der Waals surface area contributed by atoms with Crippen LogP contribution in [0.3, 0.4) is 0 Å². The van der Waals surface area contributed by atoms with E-state index in [1.54, 1.807) is 0 Å². The van der Waals surface area contributed by atoms with Crippen molar-refractivity contribution < 1.29 is 4.74 Å². The van der Waals surface area contributed by atoms with E-state index in [-0.39, 0.29) is 5.41 Å². The van der Waals surface area contributed by atoms with Gasteiger partial charge in [-0.15, -0.1) is 0 Å². The average molecular weight is 972 g/mol. The summed E-state index contributed by atoms with van der Waals surface area (Å²) >= 11 is 0. The molecule has 0 radical (unpaired) electrons. The van der Waals surface area contributed by atoms with Crippen molar-refractivity contribution in [2.24, 2.45) is 0 Å². The quantitative estimate of drug-likeness (QED) is 0.143. The van der Waals surface area contributed by atoms with Crippen molar-refractivity contribution in [2.75, 3.05) is 4.90 Å². The van der Waals surface area contributed by atoms with Gasteiger partial charge in [0, 0.05) is 38.9 Å². The van der Waals surface area contributed by atoms with Gasteiger partial charge in [0.2, 0.25) is 0 Å². The van der Waals surface area contributed by atoms with Gasteiger partial charge in [0.1, 0.15) is 11.5 Å². The molecule has 2 heteroatoms. The van der Waals surface area contributed by atoms with Gasteiger partial charge in [0.25, 0.3) is 0 Å². The second kappa shape index (κ2) is 18.2. The van der Waals surface area contributed by atoms with Gasteiger partial charge in [-0.25, -0.2) is 0 Å². The van der Waals surface area contributed by atoms with Gasteiger partial charge in [0.05, 0.1) is 11.1 Å². The highest BCUT2D eigenvalue weighted by molar-refractivity contribution is 6.07. The van der Waals surface area contributed by atoms with Crippen molar-refractivity contribution in [3.05, 3.63) is 318 Å². The predicted molar refractivity (Wildman–Crippen MR) is 316 cm³/mol. The predicted octanol–water partition coefficient (Wildman–Crippen LogP) is 19.8. The molecule has 1 heterocycles. The molecule has 0 amide bonds. The van der Waals surface area contributed by atoms with E-state index in [0.29, 0.717) is 0 Å². The van der Waals surface area contributed by atoms with E-state index < -0.39 is 5.41 Å². The summed E-state index contributed by atoms with van der Waals surface area (Å²) in [5, 5.41) is 2.30. The van der Waals surface area contributed by atoms with Crippen LogP contribution in [-0.4, -0.2) is 0 Å². The third-order valence-corrected chi connectivity index (χ3v) is 16.3. The van der Waals surface area contributed by atoms with E-state index >= 15 is 0 Å². The number of hydrogen-bond acceptors (Lipinski definition) is 2. The molecule has 0 unspecified atom stereocenters. The van der Waals surface area contributed by atoms with E-state index in [1.807, 2.05) is 0 Å². The third kappa shape index (κ3) is 7.24. The topological polar surface area (TPSA) is 12.5 Å². The van der Waals surface area contributed by atoms with Gasteiger partial charge in [-0.3, -0.25) is 0 Å². The number of ether oxygens (including phenoxy) is 1. The molecule has 0 spiro atoms. The molecule has 1 aliphatic carbocycles. The number of para-hydroxylation sites is 2. The van der Waals surface area contributed by atoms with Crippen molar-refractivity contribution in [3.8, 4) is 67.1 Å². The van der Waals surface area contributed by atoms with Crippen molar-refractivity contribution in [1.29, 1.82) is 0 Å². The molecule has 0 atom stereocenters. The highest BCUT2D eigenvalue weighted by Crippen LogP contribution is 2.57. The summed E-state index contributed by atoms with van der Waals surface area (Å²) in [4.78, 5) is 2.42. The minimum absolute atomic E-state index is 0.229. The Bertz CT molecular complexity index is 4080. The number of hydrogen-bond donors (Lipinski definition) is 0. The van der Waals surface area contributed by atoms with Crippen molar-refractivity contribution in [1.82, 2.24) is 0 Å². The SMILES string of the molecule is CC1(C)c2ccccc2Oc2c(-c3ccc(N(c4ccc(-c5ccc(-c6ccccc6)cc5)cc4)c4ccc(-c5ccc6c(c5)C(c5ccccc5)(c5ccccc5)c5ccccc5-6)cc4)c4ccccc34)cccc21. The summed E-state index contributed by atoms with van der Waals surface area (Å²) in [5.41, 5.74) is 21.9. The monoisotopic (exact) mass is 971 g/mol. The maximum absolute atomic E-state index is 6.87. The van der Waals surface area contributed by atoms with Crippen LogP contribution in [0.1, 0.15) is 47.2 Å². The lowest BCUT2D eigenvalue weighted by molar-refractivity contribution is 0.419. The first kappa shape index (κ1) is 45.1. The number of benzene rings is 12. The molecule has 2 nitrogen and oxygen atoms in total. The molecule has 14 rings (SSSR count). The Labute approximate surface area is 445 Å². The lowest BCUT2D eigenvalue weighted by atomic mass is 9.67. The second-order valence-corrected chi connectivity index (χ2v) is 20.7. The molecule has 0 fully saturated rings. The van der Waals surface area contributed by atoms with Crippen molar-refractivity contribution in [2.45, 2.75) is 24.7 Å². The Kier molecular flexibility index (Phi) is 10.8. The maximum atomic E-state index is 6.87. The largest absolute Gasteiger partial charge is 0.456 e. The first-order chi connectivity index (χ1) is 37.4. The molecule has 2 aliphatic rings. The minimum atomic E-state index is -0.476. The minimum Gasteiger partial charge on any atom is -0.456 e. The lowest BCUT2D eigenvalue weighted by Gasteiger charge is -2.35. The molecule has 0 bridgehead atoms. The summed E-state index contributed by atoms with van der Waals surface area (Å²) in [6.45, 7) is 4.61. The van der Waals surface area contributed by atoms with E-state index in [1.165, 1.54) is 66.8 Å². The van der Waals surface area contributed by atoms with Crippen LogP contribution in [0.4, 0.5) is 17.1 Å². The molecule has 12 aromatic carbocycles. The summed E-state index contributed by atoms with van der Waals surface area (Å²) in [6.07, 6.45) is 0. The number of anilines is 3. The van der Waals surface area contributed by atoms with E-state index in [0.717, 1.165) is 61.6 Å². The zero-order valence-corrected chi connectivity index (χ0v) is 42.5. The van der Waals surface area contributed by atoms with Crippen LogP contribution in [0.5, 0.6) is 11.5 Å². The first-order valence-corrected chi connectivity index (χ1v) is 26.4. The summed E-state index contributed by atoms with van der Waals surface area (Å²) in [6, 6.07) is 104. The van der Waals surface area contributed by atoms with Gasteiger partial charge in [0.15, 0.2) is 0 Å². The molecular formula is C74H53NO. The fourth-order valence-electron chi connectivity index (χ4n) is 12.5. The van der Waals surface area contributed by atoms with Gasteiger partial charge in [-0.05, 0) is 120 Å². The van der Waals surface area contributed by atoms with Crippen LogP contribution in [0, 0.1) is 0 Å². The smallest absolute Gasteiger partial charge is 0.139 e. The molecule has 1 aliphatic heterocycles. The zero-order valence-electron chi connectivity index (χ0n) is 42.5. The first-order valence-electron chi connectivity index (χ1n) is 26.4. The highest BCUT2D eigenvalue weighted by Gasteiger charge is 2.46. The maximum Gasteiger partial charge on any atom is 0.139 e. The normalized spacial score (nSPS) is 13.4. The third-order valence-electron chi connectivity index (χ3n) is 16.3. The van der Waals surface area contributed by atoms with Crippen molar-refractivity contribution in [3.63, 3.8) is 0 Å². The van der Waals surface area contributed by atoms with Crippen LogP contribution in [0.2, 0.25) is 0 Å². The Morgan fingerprint density at radius 1 is 0.303 bits per heavy atom. The summed E-state index contributed by atoms with van der Waals surface area (Å²) in [5.74, 6) is 1.83. The lowest BCUT2D eigenvalue weighted by Crippen LogP contribution is -2.28. The molecule has 0 aromatic heterocycles. The van der Waals surface area contributed by atoms with Crippen LogP contribution in [0.15, 0.2) is 285 Å². The number of fused-ring (bicyclic) bond motifs is 6. The van der Waals surface area contributed by atoms with Crippen LogP contribution < -0.4 is 9.64 Å². The van der Waals surface area contributed by atoms with E-state index in [4.69, 9.17) is 4.74 Å². The molecule has 12 aromatic rings. The Balaban J connectivity index is 0.893. The van der Waals surface area contributed by atoms with Gasteiger partial charge >= 0.3 is 0 Å². The summed E-state index contributed by atoms with van der Waals surface area (Å²) < 4.78 is 6.87. The number of nitrogens with zero attached hydrogens (tertiary/aromatic N) is 1. The van der Waals surface area contributed by atoms with Gasteiger partial charge in [-0.2, -0.15) is 0 Å². The van der Waals surface area contributed by atoms with Crippen LogP contribution >= 0.6 is 0 Å². The Morgan fingerprint density at radius 3 is 1.39 bits per heavy atom. The Hall–Kier alpha value is -9.50. The van der Waals surface area contributed by atoms with Crippen LogP contribution in [-0.2, 0) is 10.8 Å². The van der Waals surface area contributed by atoms with Crippen molar-refractivity contribution >= 4 is 27.8 Å².